The summed E-state index contributed by atoms with van der Waals surface area (Å²) < 4.78 is 41.4. The van der Waals surface area contributed by atoms with Crippen molar-refractivity contribution in [1.82, 2.24) is 0 Å². The second-order valence-electron chi connectivity index (χ2n) is 7.50. The van der Waals surface area contributed by atoms with E-state index in [2.05, 4.69) is 6.08 Å². The number of hydrogen-bond acceptors (Lipinski definition) is 7. The molecule has 4 rings (SSSR count). The van der Waals surface area contributed by atoms with E-state index in [4.69, 9.17) is 33.2 Å². The second kappa shape index (κ2) is 6.02. The van der Waals surface area contributed by atoms with E-state index >= 15 is 0 Å². The SMILES string of the molecule is CC1(C)O[C@H]2[C@@H](O1)[C@@H](CO[C@@H]1C=CCCO1)O[C@@H]1OC(C)(C)O[C@@H]12. The minimum absolute atomic E-state index is 0.253. The summed E-state index contributed by atoms with van der Waals surface area (Å²) in [7, 11) is 0. The zero-order valence-electron chi connectivity index (χ0n) is 14.6. The lowest BCUT2D eigenvalue weighted by atomic mass is 9.99. The Morgan fingerprint density at radius 3 is 2.42 bits per heavy atom. The maximum atomic E-state index is 6.09. The van der Waals surface area contributed by atoms with Crippen LogP contribution in [0.15, 0.2) is 12.2 Å². The van der Waals surface area contributed by atoms with Crippen LogP contribution >= 0.6 is 0 Å². The predicted octanol–water partition coefficient (Wildman–Crippen LogP) is 1.70. The van der Waals surface area contributed by atoms with Gasteiger partial charge in [0.15, 0.2) is 24.2 Å². The minimum atomic E-state index is -0.707. The average molecular weight is 342 g/mol. The van der Waals surface area contributed by atoms with Gasteiger partial charge in [0.05, 0.1) is 13.2 Å². The monoisotopic (exact) mass is 342 g/mol. The number of fused-ring (bicyclic) bond motifs is 3. The number of rotatable bonds is 3. The summed E-state index contributed by atoms with van der Waals surface area (Å²) in [6, 6.07) is 0. The normalized spacial score (nSPS) is 45.8. The molecule has 0 aromatic carbocycles. The first-order valence-corrected chi connectivity index (χ1v) is 8.60. The van der Waals surface area contributed by atoms with Crippen LogP contribution in [0.1, 0.15) is 34.1 Å². The van der Waals surface area contributed by atoms with Gasteiger partial charge in [0.1, 0.15) is 24.4 Å². The summed E-state index contributed by atoms with van der Waals surface area (Å²) >= 11 is 0. The smallest absolute Gasteiger partial charge is 0.190 e. The standard InChI is InChI=1S/C17H26O7/c1-16(2)21-12-10(9-19-11-7-5-6-8-18-11)20-15-14(13(12)22-16)23-17(3,4)24-15/h5,7,10-15H,6,8-9H2,1-4H3/t10-,11-,12+,13+,14-,15-/m1/s1. The Morgan fingerprint density at radius 1 is 0.958 bits per heavy atom. The maximum absolute atomic E-state index is 6.09. The van der Waals surface area contributed by atoms with Gasteiger partial charge in [0.25, 0.3) is 0 Å². The Balaban J connectivity index is 1.47. The van der Waals surface area contributed by atoms with Crippen molar-refractivity contribution < 1.29 is 33.2 Å². The van der Waals surface area contributed by atoms with Crippen LogP contribution < -0.4 is 0 Å². The Kier molecular flexibility index (Phi) is 4.24. The lowest BCUT2D eigenvalue weighted by Gasteiger charge is -2.37. The Morgan fingerprint density at radius 2 is 1.67 bits per heavy atom. The van der Waals surface area contributed by atoms with E-state index in [1.807, 2.05) is 33.8 Å². The zero-order valence-corrected chi connectivity index (χ0v) is 14.6. The van der Waals surface area contributed by atoms with Crippen molar-refractivity contribution in [1.29, 1.82) is 0 Å². The topological polar surface area (TPSA) is 64.6 Å². The van der Waals surface area contributed by atoms with E-state index in [1.165, 1.54) is 0 Å². The molecule has 0 aliphatic carbocycles. The molecular formula is C17H26O7. The largest absolute Gasteiger partial charge is 0.349 e. The fraction of sp³-hybridized carbons (Fsp3) is 0.882. The molecule has 4 aliphatic heterocycles. The van der Waals surface area contributed by atoms with Gasteiger partial charge >= 0.3 is 0 Å². The summed E-state index contributed by atoms with van der Waals surface area (Å²) in [6.45, 7) is 8.54. The number of hydrogen-bond donors (Lipinski definition) is 0. The second-order valence-corrected chi connectivity index (χ2v) is 7.50. The fourth-order valence-corrected chi connectivity index (χ4v) is 3.64. The van der Waals surface area contributed by atoms with Crippen molar-refractivity contribution in [2.24, 2.45) is 0 Å². The molecule has 0 aromatic heterocycles. The molecule has 136 valence electrons. The van der Waals surface area contributed by atoms with E-state index < -0.39 is 17.9 Å². The molecule has 3 fully saturated rings. The van der Waals surface area contributed by atoms with Crippen LogP contribution in [0.4, 0.5) is 0 Å². The van der Waals surface area contributed by atoms with Gasteiger partial charge in [-0.3, -0.25) is 0 Å². The van der Waals surface area contributed by atoms with Crippen LogP contribution in [0.3, 0.4) is 0 Å². The molecule has 0 bridgehead atoms. The van der Waals surface area contributed by atoms with Gasteiger partial charge in [0.2, 0.25) is 0 Å². The summed E-state index contributed by atoms with van der Waals surface area (Å²) in [4.78, 5) is 0. The van der Waals surface area contributed by atoms with Crippen LogP contribution in [0, 0.1) is 0 Å². The molecule has 0 N–H and O–H groups in total. The van der Waals surface area contributed by atoms with Gasteiger partial charge < -0.3 is 33.2 Å². The maximum Gasteiger partial charge on any atom is 0.190 e. The van der Waals surface area contributed by atoms with Crippen molar-refractivity contribution in [3.8, 4) is 0 Å². The Hall–Kier alpha value is -0.540. The Bertz CT molecular complexity index is 503. The van der Waals surface area contributed by atoms with Crippen LogP contribution in [0.5, 0.6) is 0 Å². The molecule has 24 heavy (non-hydrogen) atoms. The zero-order chi connectivity index (χ0) is 16.9. The van der Waals surface area contributed by atoms with E-state index in [0.717, 1.165) is 6.42 Å². The first-order chi connectivity index (χ1) is 11.3. The molecule has 7 heteroatoms. The molecule has 0 saturated carbocycles. The molecule has 0 unspecified atom stereocenters. The highest BCUT2D eigenvalue weighted by atomic mass is 16.9. The molecule has 0 aromatic rings. The van der Waals surface area contributed by atoms with Crippen LogP contribution in [-0.2, 0) is 33.2 Å². The lowest BCUT2D eigenvalue weighted by molar-refractivity contribution is -0.252. The fourth-order valence-electron chi connectivity index (χ4n) is 3.64. The molecule has 7 nitrogen and oxygen atoms in total. The van der Waals surface area contributed by atoms with Gasteiger partial charge in [0, 0.05) is 0 Å². The van der Waals surface area contributed by atoms with Gasteiger partial charge in [-0.2, -0.15) is 0 Å². The first-order valence-electron chi connectivity index (χ1n) is 8.60. The molecule has 0 spiro atoms. The molecule has 6 atom stereocenters. The van der Waals surface area contributed by atoms with E-state index in [0.29, 0.717) is 13.2 Å². The summed E-state index contributed by atoms with van der Waals surface area (Å²) in [5, 5.41) is 0. The van der Waals surface area contributed by atoms with Gasteiger partial charge in [-0.15, -0.1) is 0 Å². The van der Waals surface area contributed by atoms with Crippen LogP contribution in [-0.4, -0.2) is 61.8 Å². The third-order valence-corrected chi connectivity index (χ3v) is 4.54. The van der Waals surface area contributed by atoms with E-state index in [1.54, 1.807) is 0 Å². The van der Waals surface area contributed by atoms with Crippen molar-refractivity contribution in [3.63, 3.8) is 0 Å². The average Bonchev–Trinajstić information content (AvgIpc) is 3.00. The quantitative estimate of drug-likeness (QED) is 0.723. The predicted molar refractivity (Wildman–Crippen MR) is 82.0 cm³/mol. The van der Waals surface area contributed by atoms with Crippen LogP contribution in [0.2, 0.25) is 0 Å². The highest BCUT2D eigenvalue weighted by Gasteiger charge is 2.60. The molecule has 4 aliphatic rings. The van der Waals surface area contributed by atoms with Gasteiger partial charge in [-0.1, -0.05) is 6.08 Å². The van der Waals surface area contributed by atoms with Gasteiger partial charge in [-0.05, 0) is 40.2 Å². The van der Waals surface area contributed by atoms with Crippen molar-refractivity contribution >= 4 is 0 Å². The molecule has 0 amide bonds. The van der Waals surface area contributed by atoms with Crippen molar-refractivity contribution in [3.05, 3.63) is 12.2 Å². The number of ether oxygens (including phenoxy) is 7. The van der Waals surface area contributed by atoms with E-state index in [-0.39, 0.29) is 30.7 Å². The lowest BCUT2D eigenvalue weighted by Crippen LogP contribution is -2.56. The highest BCUT2D eigenvalue weighted by Crippen LogP contribution is 2.44. The van der Waals surface area contributed by atoms with Crippen molar-refractivity contribution in [2.75, 3.05) is 13.2 Å². The van der Waals surface area contributed by atoms with E-state index in [9.17, 15) is 0 Å². The molecule has 4 heterocycles. The van der Waals surface area contributed by atoms with Crippen molar-refractivity contribution in [2.45, 2.75) is 82.7 Å². The Labute approximate surface area is 142 Å². The van der Waals surface area contributed by atoms with Crippen LogP contribution in [0.25, 0.3) is 0 Å². The summed E-state index contributed by atoms with van der Waals surface area (Å²) in [6.07, 6.45) is 2.91. The third-order valence-electron chi connectivity index (χ3n) is 4.54. The molecular weight excluding hydrogens is 316 g/mol. The molecule has 0 radical (unpaired) electrons. The minimum Gasteiger partial charge on any atom is -0.349 e. The summed E-state index contributed by atoms with van der Waals surface area (Å²) in [5.41, 5.74) is 0. The van der Waals surface area contributed by atoms with Gasteiger partial charge in [-0.25, -0.2) is 0 Å². The third kappa shape index (κ3) is 3.26. The first kappa shape index (κ1) is 16.9. The highest BCUT2D eigenvalue weighted by molar-refractivity contribution is 5.00. The summed E-state index contributed by atoms with van der Waals surface area (Å²) in [5.74, 6) is -1.40. The molecule has 3 saturated heterocycles.